The SMILES string of the molecule is COc1ccc(CNCCCN2CCN(C)CC2)cc1F. The summed E-state index contributed by atoms with van der Waals surface area (Å²) in [7, 11) is 3.65. The Bertz CT molecular complexity index is 434. The molecule has 1 aromatic rings. The molecule has 1 heterocycles. The molecular formula is C16H26FN3O. The van der Waals surface area contributed by atoms with Crippen LogP contribution in [-0.4, -0.2) is 63.2 Å². The third-order valence-electron chi connectivity index (χ3n) is 3.97. The second kappa shape index (κ2) is 8.32. The van der Waals surface area contributed by atoms with Crippen molar-refractivity contribution in [2.24, 2.45) is 0 Å². The maximum absolute atomic E-state index is 13.5. The lowest BCUT2D eigenvalue weighted by molar-refractivity contribution is 0.153. The number of piperazine rings is 1. The summed E-state index contributed by atoms with van der Waals surface area (Å²) < 4.78 is 18.5. The van der Waals surface area contributed by atoms with E-state index in [0.29, 0.717) is 12.3 Å². The Morgan fingerprint density at radius 3 is 2.67 bits per heavy atom. The number of methoxy groups -OCH3 is 1. The van der Waals surface area contributed by atoms with Gasteiger partial charge in [-0.05, 0) is 44.3 Å². The molecule has 0 unspecified atom stereocenters. The van der Waals surface area contributed by atoms with Gasteiger partial charge in [0.1, 0.15) is 0 Å². The van der Waals surface area contributed by atoms with Gasteiger partial charge in [0, 0.05) is 32.7 Å². The minimum Gasteiger partial charge on any atom is -0.494 e. The van der Waals surface area contributed by atoms with Crippen LogP contribution in [0.5, 0.6) is 5.75 Å². The van der Waals surface area contributed by atoms with Crippen molar-refractivity contribution in [3.05, 3.63) is 29.6 Å². The number of hydrogen-bond acceptors (Lipinski definition) is 4. The van der Waals surface area contributed by atoms with Crippen molar-refractivity contribution in [1.29, 1.82) is 0 Å². The summed E-state index contributed by atoms with van der Waals surface area (Å²) in [6.07, 6.45) is 1.13. The minimum absolute atomic E-state index is 0.297. The predicted molar refractivity (Wildman–Crippen MR) is 83.2 cm³/mol. The van der Waals surface area contributed by atoms with Crippen molar-refractivity contribution in [1.82, 2.24) is 15.1 Å². The van der Waals surface area contributed by atoms with Gasteiger partial charge in [0.25, 0.3) is 0 Å². The van der Waals surface area contributed by atoms with E-state index in [1.165, 1.54) is 39.4 Å². The van der Waals surface area contributed by atoms with Gasteiger partial charge in [0.15, 0.2) is 11.6 Å². The largest absolute Gasteiger partial charge is 0.494 e. The second-order valence-electron chi connectivity index (χ2n) is 5.64. The zero-order chi connectivity index (χ0) is 15.1. The molecule has 1 aromatic carbocycles. The molecule has 1 fully saturated rings. The van der Waals surface area contributed by atoms with E-state index >= 15 is 0 Å². The standard InChI is InChI=1S/C16H26FN3O/c1-19-8-10-20(11-9-19)7-3-6-18-13-14-4-5-16(21-2)15(17)12-14/h4-5,12,18H,3,6-11,13H2,1-2H3. The number of hydrogen-bond donors (Lipinski definition) is 1. The molecule has 0 atom stereocenters. The van der Waals surface area contributed by atoms with Crippen molar-refractivity contribution in [2.45, 2.75) is 13.0 Å². The topological polar surface area (TPSA) is 27.7 Å². The third-order valence-corrected chi connectivity index (χ3v) is 3.97. The molecule has 1 N–H and O–H groups in total. The molecule has 0 bridgehead atoms. The second-order valence-corrected chi connectivity index (χ2v) is 5.64. The van der Waals surface area contributed by atoms with Crippen LogP contribution in [0.15, 0.2) is 18.2 Å². The molecule has 5 heteroatoms. The van der Waals surface area contributed by atoms with Gasteiger partial charge in [0.05, 0.1) is 7.11 Å². The van der Waals surface area contributed by atoms with Crippen LogP contribution in [0.3, 0.4) is 0 Å². The first kappa shape index (κ1) is 16.2. The van der Waals surface area contributed by atoms with Gasteiger partial charge in [-0.2, -0.15) is 0 Å². The predicted octanol–water partition coefficient (Wildman–Crippen LogP) is 1.56. The average molecular weight is 295 g/mol. The zero-order valence-electron chi connectivity index (χ0n) is 13.1. The average Bonchev–Trinajstić information content (AvgIpc) is 2.49. The maximum Gasteiger partial charge on any atom is 0.165 e. The van der Waals surface area contributed by atoms with Crippen LogP contribution in [-0.2, 0) is 6.54 Å². The Morgan fingerprint density at radius 2 is 2.00 bits per heavy atom. The summed E-state index contributed by atoms with van der Waals surface area (Å²) in [5.41, 5.74) is 0.952. The number of nitrogens with one attached hydrogen (secondary N) is 1. The van der Waals surface area contributed by atoms with Gasteiger partial charge in [-0.1, -0.05) is 6.07 Å². The Morgan fingerprint density at radius 1 is 1.24 bits per heavy atom. The van der Waals surface area contributed by atoms with Crippen LogP contribution in [0.2, 0.25) is 0 Å². The summed E-state index contributed by atoms with van der Waals surface area (Å²) >= 11 is 0. The Hall–Kier alpha value is -1.17. The highest BCUT2D eigenvalue weighted by molar-refractivity contribution is 5.29. The molecule has 0 saturated carbocycles. The van der Waals surface area contributed by atoms with Crippen LogP contribution in [0.4, 0.5) is 4.39 Å². The van der Waals surface area contributed by atoms with E-state index in [0.717, 1.165) is 25.1 Å². The van der Waals surface area contributed by atoms with Gasteiger partial charge in [-0.3, -0.25) is 0 Å². The van der Waals surface area contributed by atoms with Crippen LogP contribution in [0.1, 0.15) is 12.0 Å². The zero-order valence-corrected chi connectivity index (χ0v) is 13.1. The molecule has 1 aliphatic heterocycles. The molecule has 4 nitrogen and oxygen atoms in total. The highest BCUT2D eigenvalue weighted by atomic mass is 19.1. The molecule has 1 saturated heterocycles. The number of likely N-dealkylation sites (N-methyl/N-ethyl adjacent to an activating group) is 1. The van der Waals surface area contributed by atoms with Gasteiger partial charge in [0.2, 0.25) is 0 Å². The number of benzene rings is 1. The number of halogens is 1. The van der Waals surface area contributed by atoms with Crippen molar-refractivity contribution in [3.63, 3.8) is 0 Å². The van der Waals surface area contributed by atoms with Crippen molar-refractivity contribution < 1.29 is 9.13 Å². The lowest BCUT2D eigenvalue weighted by Gasteiger charge is -2.32. The highest BCUT2D eigenvalue weighted by Crippen LogP contribution is 2.17. The summed E-state index contributed by atoms with van der Waals surface area (Å²) in [6.45, 7) is 7.46. The minimum atomic E-state index is -0.297. The van der Waals surface area contributed by atoms with Crippen LogP contribution < -0.4 is 10.1 Å². The number of nitrogens with zero attached hydrogens (tertiary/aromatic N) is 2. The first-order valence-corrected chi connectivity index (χ1v) is 7.63. The monoisotopic (exact) mass is 295 g/mol. The molecule has 0 radical (unpaired) electrons. The molecule has 0 aliphatic carbocycles. The van der Waals surface area contributed by atoms with Crippen LogP contribution in [0, 0.1) is 5.82 Å². The van der Waals surface area contributed by atoms with E-state index in [2.05, 4.69) is 22.2 Å². The summed E-state index contributed by atoms with van der Waals surface area (Å²) in [5.74, 6) is 0.00283. The third kappa shape index (κ3) is 5.26. The first-order chi connectivity index (χ1) is 10.2. The summed E-state index contributed by atoms with van der Waals surface area (Å²) in [4.78, 5) is 4.88. The highest BCUT2D eigenvalue weighted by Gasteiger charge is 2.12. The number of rotatable bonds is 7. The van der Waals surface area contributed by atoms with Gasteiger partial charge in [-0.15, -0.1) is 0 Å². The summed E-state index contributed by atoms with van der Waals surface area (Å²) in [6, 6.07) is 5.11. The quantitative estimate of drug-likeness (QED) is 0.773. The lowest BCUT2D eigenvalue weighted by Crippen LogP contribution is -2.45. The molecule has 21 heavy (non-hydrogen) atoms. The first-order valence-electron chi connectivity index (χ1n) is 7.63. The van der Waals surface area contributed by atoms with Gasteiger partial charge >= 0.3 is 0 Å². The molecule has 118 valence electrons. The van der Waals surface area contributed by atoms with E-state index in [-0.39, 0.29) is 5.82 Å². The summed E-state index contributed by atoms with van der Waals surface area (Å²) in [5, 5.41) is 3.37. The molecule has 1 aliphatic rings. The van der Waals surface area contributed by atoms with Gasteiger partial charge in [-0.25, -0.2) is 4.39 Å². The Balaban J connectivity index is 1.60. The number of ether oxygens (including phenoxy) is 1. The van der Waals surface area contributed by atoms with E-state index in [1.807, 2.05) is 6.07 Å². The normalized spacial score (nSPS) is 17.1. The molecule has 2 rings (SSSR count). The maximum atomic E-state index is 13.5. The van der Waals surface area contributed by atoms with Gasteiger partial charge < -0.3 is 19.9 Å². The van der Waals surface area contributed by atoms with Crippen molar-refractivity contribution in [3.8, 4) is 5.75 Å². The van der Waals surface area contributed by atoms with Crippen molar-refractivity contribution >= 4 is 0 Å². The molecule has 0 amide bonds. The Labute approximate surface area is 126 Å². The van der Waals surface area contributed by atoms with E-state index in [9.17, 15) is 4.39 Å². The molecule has 0 aromatic heterocycles. The van der Waals surface area contributed by atoms with E-state index in [4.69, 9.17) is 4.74 Å². The van der Waals surface area contributed by atoms with Crippen LogP contribution in [0.25, 0.3) is 0 Å². The van der Waals surface area contributed by atoms with Crippen LogP contribution >= 0.6 is 0 Å². The van der Waals surface area contributed by atoms with E-state index < -0.39 is 0 Å². The smallest absolute Gasteiger partial charge is 0.165 e. The van der Waals surface area contributed by atoms with E-state index in [1.54, 1.807) is 6.07 Å². The fourth-order valence-electron chi connectivity index (χ4n) is 2.55. The fourth-order valence-corrected chi connectivity index (χ4v) is 2.55. The molecule has 0 spiro atoms. The lowest BCUT2D eigenvalue weighted by atomic mass is 10.2. The van der Waals surface area contributed by atoms with Crippen molar-refractivity contribution in [2.75, 3.05) is 53.4 Å². The molecular weight excluding hydrogens is 269 g/mol. The fraction of sp³-hybridized carbons (Fsp3) is 0.625. The Kier molecular flexibility index (Phi) is 6.42.